The van der Waals surface area contributed by atoms with Gasteiger partial charge in [-0.2, -0.15) is 0 Å². The summed E-state index contributed by atoms with van der Waals surface area (Å²) in [7, 11) is 0. The van der Waals surface area contributed by atoms with Gasteiger partial charge in [-0.15, -0.1) is 0 Å². The minimum atomic E-state index is -0.535. The molecule has 268 valence electrons. The molecule has 2 heterocycles. The third-order valence-corrected chi connectivity index (χ3v) is 12.0. The van der Waals surface area contributed by atoms with E-state index < -0.39 is 5.41 Å². The normalized spacial score (nSPS) is 19.5. The van der Waals surface area contributed by atoms with Crippen LogP contribution in [-0.4, -0.2) is 10.4 Å². The summed E-state index contributed by atoms with van der Waals surface area (Å²) in [5.41, 5.74) is 13.1. The van der Waals surface area contributed by atoms with Gasteiger partial charge in [0.2, 0.25) is 0 Å². The lowest BCUT2D eigenvalue weighted by Crippen LogP contribution is -2.38. The molecular weight excluding hydrogens is 681 g/mol. The SMILES string of the molecule is C1=CC(C2=NC(c3ccccc3)[N-]C(c3ccccc3)N2)CC(n2c3ccccc3c3ccc4c(c32)C(c2ccccc2)(c2ccccc2)c2ccccc2-4)=C1. The number of allylic oxidation sites excluding steroid dienone is 3. The van der Waals surface area contributed by atoms with Gasteiger partial charge in [0.05, 0.1) is 16.4 Å². The van der Waals surface area contributed by atoms with Crippen molar-refractivity contribution in [2.45, 2.75) is 24.2 Å². The highest BCUT2D eigenvalue weighted by Gasteiger charge is 2.48. The van der Waals surface area contributed by atoms with E-state index in [1.54, 1.807) is 0 Å². The lowest BCUT2D eigenvalue weighted by atomic mass is 9.67. The molecule has 11 rings (SSSR count). The number of nitrogens with one attached hydrogen (secondary N) is 1. The summed E-state index contributed by atoms with van der Waals surface area (Å²) >= 11 is 0. The van der Waals surface area contributed by atoms with E-state index in [9.17, 15) is 0 Å². The van der Waals surface area contributed by atoms with Crippen LogP contribution in [0, 0.1) is 5.92 Å². The first-order valence-electron chi connectivity index (χ1n) is 19.6. The highest BCUT2D eigenvalue weighted by Crippen LogP contribution is 2.59. The largest absolute Gasteiger partial charge is 0.613 e. The number of aromatic nitrogens is 1. The van der Waals surface area contributed by atoms with Gasteiger partial charge in [0.15, 0.2) is 0 Å². The summed E-state index contributed by atoms with van der Waals surface area (Å²) in [6, 6.07) is 65.9. The van der Waals surface area contributed by atoms with Crippen molar-refractivity contribution in [2.24, 2.45) is 10.9 Å². The molecule has 1 aromatic heterocycles. The molecule has 4 nitrogen and oxygen atoms in total. The second-order valence-corrected chi connectivity index (χ2v) is 15.0. The van der Waals surface area contributed by atoms with Crippen molar-refractivity contribution in [1.82, 2.24) is 9.88 Å². The molecule has 8 aromatic rings. The van der Waals surface area contributed by atoms with Gasteiger partial charge in [-0.25, -0.2) is 0 Å². The molecule has 0 amide bonds. The molecule has 1 N–H and O–H groups in total. The van der Waals surface area contributed by atoms with Crippen molar-refractivity contribution in [3.8, 4) is 11.1 Å². The van der Waals surface area contributed by atoms with Gasteiger partial charge in [0, 0.05) is 34.4 Å². The number of hydrogen-bond donors (Lipinski definition) is 1. The maximum absolute atomic E-state index is 5.33. The monoisotopic (exact) mass is 719 g/mol. The molecule has 2 aliphatic carbocycles. The smallest absolute Gasteiger partial charge is 0.101 e. The zero-order valence-corrected chi connectivity index (χ0v) is 30.8. The topological polar surface area (TPSA) is 43.4 Å². The molecule has 3 aliphatic rings. The van der Waals surface area contributed by atoms with Gasteiger partial charge in [0.25, 0.3) is 0 Å². The van der Waals surface area contributed by atoms with Crippen molar-refractivity contribution in [3.05, 3.63) is 239 Å². The lowest BCUT2D eigenvalue weighted by molar-refractivity contribution is 0.601. The van der Waals surface area contributed by atoms with Gasteiger partial charge < -0.3 is 15.2 Å². The molecule has 4 heteroatoms. The van der Waals surface area contributed by atoms with E-state index in [1.165, 1.54) is 60.9 Å². The van der Waals surface area contributed by atoms with E-state index in [4.69, 9.17) is 10.3 Å². The number of nitrogens with zero attached hydrogens (tertiary/aromatic N) is 3. The summed E-state index contributed by atoms with van der Waals surface area (Å²) < 4.78 is 2.57. The highest BCUT2D eigenvalue weighted by atomic mass is 15.3. The number of fused-ring (bicyclic) bond motifs is 7. The quantitative estimate of drug-likeness (QED) is 0.183. The fourth-order valence-corrected chi connectivity index (χ4v) is 9.61. The highest BCUT2D eigenvalue weighted by molar-refractivity contribution is 6.14. The Labute approximate surface area is 327 Å². The maximum atomic E-state index is 5.33. The van der Waals surface area contributed by atoms with Crippen LogP contribution in [0.1, 0.15) is 52.1 Å². The fourth-order valence-electron chi connectivity index (χ4n) is 9.61. The predicted octanol–water partition coefficient (Wildman–Crippen LogP) is 12.3. The van der Waals surface area contributed by atoms with E-state index in [2.05, 4.69) is 210 Å². The second kappa shape index (κ2) is 13.2. The molecule has 1 aliphatic heterocycles. The van der Waals surface area contributed by atoms with Gasteiger partial charge >= 0.3 is 0 Å². The summed E-state index contributed by atoms with van der Waals surface area (Å²) in [5, 5.41) is 11.5. The zero-order valence-electron chi connectivity index (χ0n) is 30.8. The Morgan fingerprint density at radius 1 is 0.589 bits per heavy atom. The van der Waals surface area contributed by atoms with Crippen LogP contribution in [0.2, 0.25) is 0 Å². The number of benzene rings is 7. The molecule has 0 bridgehead atoms. The average molecular weight is 720 g/mol. The predicted molar refractivity (Wildman–Crippen MR) is 231 cm³/mol. The van der Waals surface area contributed by atoms with Crippen LogP contribution >= 0.6 is 0 Å². The number of hydrogen-bond acceptors (Lipinski definition) is 2. The van der Waals surface area contributed by atoms with Crippen LogP contribution in [0.3, 0.4) is 0 Å². The molecule has 56 heavy (non-hydrogen) atoms. The Morgan fingerprint density at radius 2 is 1.21 bits per heavy atom. The average Bonchev–Trinajstić information content (AvgIpc) is 3.79. The Kier molecular flexibility index (Phi) is 7.71. The van der Waals surface area contributed by atoms with Crippen molar-refractivity contribution in [1.29, 1.82) is 0 Å². The van der Waals surface area contributed by atoms with Crippen LogP contribution in [0.4, 0.5) is 0 Å². The van der Waals surface area contributed by atoms with E-state index in [0.29, 0.717) is 0 Å². The molecule has 3 unspecified atom stereocenters. The zero-order chi connectivity index (χ0) is 37.1. The van der Waals surface area contributed by atoms with Crippen molar-refractivity contribution < 1.29 is 0 Å². The third-order valence-electron chi connectivity index (χ3n) is 12.0. The van der Waals surface area contributed by atoms with Gasteiger partial charge in [-0.1, -0.05) is 188 Å². The first kappa shape index (κ1) is 32.7. The summed E-state index contributed by atoms with van der Waals surface area (Å²) in [6.07, 6.45) is 7.12. The summed E-state index contributed by atoms with van der Waals surface area (Å²) in [4.78, 5) is 5.33. The Balaban J connectivity index is 1.12. The summed E-state index contributed by atoms with van der Waals surface area (Å²) in [5.74, 6) is 0.993. The number of aliphatic imine (C=N–C) groups is 1. The van der Waals surface area contributed by atoms with Crippen molar-refractivity contribution >= 4 is 33.3 Å². The maximum Gasteiger partial charge on any atom is 0.101 e. The van der Waals surface area contributed by atoms with Crippen molar-refractivity contribution in [3.63, 3.8) is 0 Å². The first-order chi connectivity index (χ1) is 27.8. The van der Waals surface area contributed by atoms with E-state index in [1.807, 2.05) is 0 Å². The first-order valence-corrected chi connectivity index (χ1v) is 19.6. The van der Waals surface area contributed by atoms with Gasteiger partial charge in [-0.05, 0) is 63.4 Å². The molecule has 3 atom stereocenters. The van der Waals surface area contributed by atoms with Crippen LogP contribution in [-0.2, 0) is 5.41 Å². The lowest BCUT2D eigenvalue weighted by Gasteiger charge is -2.45. The van der Waals surface area contributed by atoms with E-state index >= 15 is 0 Å². The standard InChI is InChI=1S/C52H39N4/c1-5-18-35(19-6-1)49-53-50(36-20-7-2-8-21-36)55-51(54-49)37-22-17-27-40(34-37)56-46-31-16-14-29-42(46)44-33-32-43-41-28-13-15-30-45(41)52(47(43)48(44)56,38-23-9-3-10-24-38)39-25-11-4-12-26-39/h1-33,37,49-50H,34H2,(H,54,55)/q-1. The number of amidine groups is 1. The minimum absolute atomic E-state index is 0.0288. The molecule has 0 saturated carbocycles. The third kappa shape index (κ3) is 4.99. The Bertz CT molecular complexity index is 2790. The van der Waals surface area contributed by atoms with Gasteiger partial charge in [-0.3, -0.25) is 4.99 Å². The second-order valence-electron chi connectivity index (χ2n) is 15.0. The molecule has 7 aromatic carbocycles. The van der Waals surface area contributed by atoms with Crippen molar-refractivity contribution in [2.75, 3.05) is 0 Å². The summed E-state index contributed by atoms with van der Waals surface area (Å²) in [6.45, 7) is 0. The van der Waals surface area contributed by atoms with Crippen LogP contribution in [0.5, 0.6) is 0 Å². The minimum Gasteiger partial charge on any atom is -0.613 e. The number of rotatable bonds is 6. The molecule has 0 spiro atoms. The number of para-hydroxylation sites is 1. The van der Waals surface area contributed by atoms with Crippen LogP contribution in [0.15, 0.2) is 205 Å². The van der Waals surface area contributed by atoms with E-state index in [-0.39, 0.29) is 18.2 Å². The van der Waals surface area contributed by atoms with E-state index in [0.717, 1.165) is 23.4 Å². The van der Waals surface area contributed by atoms with Crippen LogP contribution in [0.25, 0.3) is 43.9 Å². The molecule has 0 radical (unpaired) electrons. The fraction of sp³-hybridized carbons (Fsp3) is 0.0962. The Morgan fingerprint density at radius 3 is 1.95 bits per heavy atom. The van der Waals surface area contributed by atoms with Crippen LogP contribution < -0.4 is 5.32 Å². The Hall–Kier alpha value is -6.75. The van der Waals surface area contributed by atoms with Gasteiger partial charge in [0.1, 0.15) is 5.84 Å². The molecule has 0 fully saturated rings. The molecule has 0 saturated heterocycles. The molecular formula is C52H39N4-.